The quantitative estimate of drug-likeness (QED) is 0.893. The molecule has 19 heavy (non-hydrogen) atoms. The highest BCUT2D eigenvalue weighted by Gasteiger charge is 2.26. The van der Waals surface area contributed by atoms with Crippen LogP contribution in [0, 0.1) is 11.3 Å². The van der Waals surface area contributed by atoms with Gasteiger partial charge in [-0.1, -0.05) is 19.1 Å². The number of halogens is 2. The van der Waals surface area contributed by atoms with Crippen molar-refractivity contribution in [2.75, 3.05) is 0 Å². The largest absolute Gasteiger partial charge is 0.434 e. The summed E-state index contributed by atoms with van der Waals surface area (Å²) in [6.07, 6.45) is 0.396. The lowest BCUT2D eigenvalue weighted by Gasteiger charge is -2.21. The van der Waals surface area contributed by atoms with Gasteiger partial charge in [0.05, 0.1) is 11.6 Å². The summed E-state index contributed by atoms with van der Waals surface area (Å²) in [4.78, 5) is 12.0. The number of rotatable bonds is 5. The Balaban J connectivity index is 2.97. The number of carbonyl (C=O) groups is 1. The Hall–Kier alpha value is -2.16. The summed E-state index contributed by atoms with van der Waals surface area (Å²) in [7, 11) is 0. The van der Waals surface area contributed by atoms with Crippen LogP contribution in [-0.4, -0.2) is 18.1 Å². The second-order valence-electron chi connectivity index (χ2n) is 4.13. The number of hydrogen-bond donors (Lipinski definition) is 1. The monoisotopic (exact) mass is 268 g/mol. The van der Waals surface area contributed by atoms with Crippen molar-refractivity contribution in [3.63, 3.8) is 0 Å². The molecular formula is C13H14F2N2O2. The molecule has 1 aromatic carbocycles. The molecule has 0 aliphatic carbocycles. The van der Waals surface area contributed by atoms with Gasteiger partial charge >= 0.3 is 6.61 Å². The maximum Gasteiger partial charge on any atom is 0.387 e. The average Bonchev–Trinajstić information content (AvgIpc) is 2.38. The van der Waals surface area contributed by atoms with Crippen LogP contribution in [0.25, 0.3) is 0 Å². The van der Waals surface area contributed by atoms with Gasteiger partial charge in [-0.15, -0.1) is 0 Å². The van der Waals surface area contributed by atoms with Gasteiger partial charge in [-0.25, -0.2) is 0 Å². The average molecular weight is 268 g/mol. The second kappa shape index (κ2) is 6.14. The molecule has 1 N–H and O–H groups in total. The van der Waals surface area contributed by atoms with E-state index in [1.807, 2.05) is 6.07 Å². The number of carbonyl (C=O) groups excluding carboxylic acids is 1. The number of amides is 1. The summed E-state index contributed by atoms with van der Waals surface area (Å²) in [5.41, 5.74) is -1.08. The fourth-order valence-electron chi connectivity index (χ4n) is 1.37. The van der Waals surface area contributed by atoms with E-state index >= 15 is 0 Å². The molecular weight excluding hydrogens is 254 g/mol. The Bertz CT molecular complexity index is 500. The van der Waals surface area contributed by atoms with Crippen LogP contribution in [0.15, 0.2) is 24.3 Å². The molecule has 0 aliphatic heterocycles. The van der Waals surface area contributed by atoms with Crippen LogP contribution in [0.3, 0.4) is 0 Å². The number of nitrogens with zero attached hydrogens (tertiary/aromatic N) is 1. The highest BCUT2D eigenvalue weighted by Crippen LogP contribution is 2.21. The molecule has 102 valence electrons. The van der Waals surface area contributed by atoms with Crippen LogP contribution in [0.4, 0.5) is 8.78 Å². The number of nitrogens with one attached hydrogen (secondary N) is 1. The fraction of sp³-hybridized carbons (Fsp3) is 0.385. The van der Waals surface area contributed by atoms with Crippen LogP contribution in [0.5, 0.6) is 5.75 Å². The van der Waals surface area contributed by atoms with E-state index in [1.54, 1.807) is 13.8 Å². The molecule has 1 rings (SSSR count). The molecule has 1 unspecified atom stereocenters. The van der Waals surface area contributed by atoms with E-state index in [-0.39, 0.29) is 11.3 Å². The zero-order valence-electron chi connectivity index (χ0n) is 10.6. The molecule has 0 fully saturated rings. The first-order valence-corrected chi connectivity index (χ1v) is 5.69. The summed E-state index contributed by atoms with van der Waals surface area (Å²) >= 11 is 0. The van der Waals surface area contributed by atoms with Gasteiger partial charge in [0.1, 0.15) is 11.3 Å². The zero-order valence-corrected chi connectivity index (χ0v) is 10.6. The lowest BCUT2D eigenvalue weighted by molar-refractivity contribution is -0.0501. The molecule has 0 saturated carbocycles. The standard InChI is InChI=1S/C13H14F2N2O2/c1-3-13(2,8-16)17-11(18)9-6-4-5-7-10(9)19-12(14)15/h4-7,12H,3H2,1-2H3,(H,17,18). The molecule has 1 atom stereocenters. The van der Waals surface area contributed by atoms with Gasteiger partial charge in [-0.3, -0.25) is 4.79 Å². The fourth-order valence-corrected chi connectivity index (χ4v) is 1.37. The van der Waals surface area contributed by atoms with E-state index in [1.165, 1.54) is 24.3 Å². The predicted octanol–water partition coefficient (Wildman–Crippen LogP) is 2.71. The molecule has 0 spiro atoms. The van der Waals surface area contributed by atoms with Crippen molar-refractivity contribution in [3.8, 4) is 11.8 Å². The minimum Gasteiger partial charge on any atom is -0.434 e. The number of para-hydroxylation sites is 1. The van der Waals surface area contributed by atoms with Crippen LogP contribution >= 0.6 is 0 Å². The van der Waals surface area contributed by atoms with E-state index < -0.39 is 18.1 Å². The number of nitriles is 1. The molecule has 0 aliphatic rings. The Morgan fingerprint density at radius 2 is 2.16 bits per heavy atom. The molecule has 1 aromatic rings. The van der Waals surface area contributed by atoms with Crippen LogP contribution in [-0.2, 0) is 0 Å². The summed E-state index contributed by atoms with van der Waals surface area (Å²) < 4.78 is 28.7. The van der Waals surface area contributed by atoms with Crippen molar-refractivity contribution < 1.29 is 18.3 Å². The molecule has 0 heterocycles. The topological polar surface area (TPSA) is 62.1 Å². The smallest absolute Gasteiger partial charge is 0.387 e. The van der Waals surface area contributed by atoms with Gasteiger partial charge < -0.3 is 10.1 Å². The Morgan fingerprint density at radius 3 is 2.68 bits per heavy atom. The molecule has 0 saturated heterocycles. The van der Waals surface area contributed by atoms with Crippen molar-refractivity contribution in [3.05, 3.63) is 29.8 Å². The lowest BCUT2D eigenvalue weighted by Crippen LogP contribution is -2.44. The summed E-state index contributed by atoms with van der Waals surface area (Å²) in [6.45, 7) is 0.287. The summed E-state index contributed by atoms with van der Waals surface area (Å²) in [6, 6.07) is 7.62. The SMILES string of the molecule is CCC(C)(C#N)NC(=O)c1ccccc1OC(F)F. The van der Waals surface area contributed by atoms with Crippen molar-refractivity contribution >= 4 is 5.91 Å². The first kappa shape index (κ1) is 14.9. The summed E-state index contributed by atoms with van der Waals surface area (Å²) in [5.74, 6) is -0.839. The highest BCUT2D eigenvalue weighted by atomic mass is 19.3. The van der Waals surface area contributed by atoms with E-state index in [0.717, 1.165) is 0 Å². The van der Waals surface area contributed by atoms with Gasteiger partial charge in [-0.05, 0) is 25.5 Å². The maximum absolute atomic E-state index is 12.2. The number of alkyl halides is 2. The van der Waals surface area contributed by atoms with Gasteiger partial charge in [0.15, 0.2) is 0 Å². The summed E-state index contributed by atoms with van der Waals surface area (Å²) in [5, 5.41) is 11.5. The Labute approximate surface area is 110 Å². The van der Waals surface area contributed by atoms with Crippen LogP contribution < -0.4 is 10.1 Å². The Kier molecular flexibility index (Phi) is 4.81. The van der Waals surface area contributed by atoms with E-state index in [4.69, 9.17) is 5.26 Å². The van der Waals surface area contributed by atoms with Crippen molar-refractivity contribution in [1.29, 1.82) is 5.26 Å². The predicted molar refractivity (Wildman–Crippen MR) is 64.8 cm³/mol. The third-order valence-electron chi connectivity index (χ3n) is 2.69. The van der Waals surface area contributed by atoms with E-state index in [0.29, 0.717) is 6.42 Å². The van der Waals surface area contributed by atoms with Gasteiger partial charge in [0.2, 0.25) is 0 Å². The third-order valence-corrected chi connectivity index (χ3v) is 2.69. The van der Waals surface area contributed by atoms with Gasteiger partial charge in [0.25, 0.3) is 5.91 Å². The Morgan fingerprint density at radius 1 is 1.53 bits per heavy atom. The van der Waals surface area contributed by atoms with Crippen LogP contribution in [0.1, 0.15) is 30.6 Å². The molecule has 0 bridgehead atoms. The van der Waals surface area contributed by atoms with Gasteiger partial charge in [-0.2, -0.15) is 14.0 Å². The first-order valence-electron chi connectivity index (χ1n) is 5.69. The zero-order chi connectivity index (χ0) is 14.5. The highest BCUT2D eigenvalue weighted by molar-refractivity contribution is 5.97. The minimum atomic E-state index is -3.01. The lowest BCUT2D eigenvalue weighted by atomic mass is 10.0. The molecule has 4 nitrogen and oxygen atoms in total. The maximum atomic E-state index is 12.2. The van der Waals surface area contributed by atoms with Crippen molar-refractivity contribution in [2.45, 2.75) is 32.4 Å². The van der Waals surface area contributed by atoms with Crippen molar-refractivity contribution in [1.82, 2.24) is 5.32 Å². The number of hydrogen-bond acceptors (Lipinski definition) is 3. The number of ether oxygens (including phenoxy) is 1. The second-order valence-corrected chi connectivity index (χ2v) is 4.13. The molecule has 6 heteroatoms. The minimum absolute atomic E-state index is 0.0299. The third kappa shape index (κ3) is 3.91. The van der Waals surface area contributed by atoms with Crippen molar-refractivity contribution in [2.24, 2.45) is 0 Å². The normalized spacial score (nSPS) is 13.5. The molecule has 0 radical (unpaired) electrons. The number of benzene rings is 1. The van der Waals surface area contributed by atoms with E-state index in [9.17, 15) is 13.6 Å². The van der Waals surface area contributed by atoms with Crippen LogP contribution in [0.2, 0.25) is 0 Å². The molecule has 0 aromatic heterocycles. The van der Waals surface area contributed by atoms with E-state index in [2.05, 4.69) is 10.1 Å². The van der Waals surface area contributed by atoms with Gasteiger partial charge in [0, 0.05) is 0 Å². The molecule has 1 amide bonds. The first-order chi connectivity index (χ1) is 8.91.